The van der Waals surface area contributed by atoms with E-state index in [1.165, 1.54) is 0 Å². The monoisotopic (exact) mass is 244 g/mol. The SMILES string of the molecule is C[C@@H]1CNC[C@H]1C(=O)NC1CCS(=O)CC1. The minimum absolute atomic E-state index is 0.118. The summed E-state index contributed by atoms with van der Waals surface area (Å²) in [5.41, 5.74) is 0. The molecule has 2 fully saturated rings. The minimum Gasteiger partial charge on any atom is -0.353 e. The summed E-state index contributed by atoms with van der Waals surface area (Å²) in [6, 6.07) is 0.248. The van der Waals surface area contributed by atoms with Gasteiger partial charge in [-0.1, -0.05) is 6.92 Å². The molecule has 2 N–H and O–H groups in total. The van der Waals surface area contributed by atoms with Crippen LogP contribution >= 0.6 is 0 Å². The summed E-state index contributed by atoms with van der Waals surface area (Å²) in [6.45, 7) is 3.85. The van der Waals surface area contributed by atoms with Gasteiger partial charge >= 0.3 is 0 Å². The first kappa shape index (κ1) is 12.0. The molecule has 2 saturated heterocycles. The van der Waals surface area contributed by atoms with Crippen LogP contribution in [-0.4, -0.2) is 40.8 Å². The normalized spacial score (nSPS) is 39.6. The molecule has 16 heavy (non-hydrogen) atoms. The molecule has 2 aliphatic rings. The maximum Gasteiger partial charge on any atom is 0.224 e. The Labute approximate surface area is 99.0 Å². The molecule has 2 atom stereocenters. The lowest BCUT2D eigenvalue weighted by Gasteiger charge is -2.24. The number of hydrogen-bond donors (Lipinski definition) is 2. The third-order valence-electron chi connectivity index (χ3n) is 3.59. The summed E-state index contributed by atoms with van der Waals surface area (Å²) in [5.74, 6) is 2.20. The molecular formula is C11H20N2O2S. The second-order valence-corrected chi connectivity index (χ2v) is 6.57. The molecule has 2 rings (SSSR count). The van der Waals surface area contributed by atoms with Gasteiger partial charge in [-0.15, -0.1) is 0 Å². The van der Waals surface area contributed by atoms with Crippen molar-refractivity contribution in [2.75, 3.05) is 24.6 Å². The first-order chi connectivity index (χ1) is 7.66. The first-order valence-corrected chi connectivity index (χ1v) is 7.51. The van der Waals surface area contributed by atoms with Crippen LogP contribution in [0.3, 0.4) is 0 Å². The third-order valence-corrected chi connectivity index (χ3v) is 4.97. The van der Waals surface area contributed by atoms with Crippen molar-refractivity contribution >= 4 is 16.7 Å². The summed E-state index contributed by atoms with van der Waals surface area (Å²) < 4.78 is 11.2. The van der Waals surface area contributed by atoms with Crippen LogP contribution in [0.25, 0.3) is 0 Å². The van der Waals surface area contributed by atoms with Crippen LogP contribution in [0.4, 0.5) is 0 Å². The Balaban J connectivity index is 1.80. The van der Waals surface area contributed by atoms with E-state index in [-0.39, 0.29) is 17.9 Å². The zero-order valence-electron chi connectivity index (χ0n) is 9.70. The Morgan fingerprint density at radius 3 is 2.56 bits per heavy atom. The lowest BCUT2D eigenvalue weighted by molar-refractivity contribution is -0.126. The second-order valence-electron chi connectivity index (χ2n) is 4.87. The predicted molar refractivity (Wildman–Crippen MR) is 64.6 cm³/mol. The fraction of sp³-hybridized carbons (Fsp3) is 0.909. The molecule has 4 nitrogen and oxygen atoms in total. The molecule has 0 aromatic heterocycles. The molecule has 0 aromatic rings. The van der Waals surface area contributed by atoms with E-state index in [4.69, 9.17) is 0 Å². The fourth-order valence-electron chi connectivity index (χ4n) is 2.41. The molecule has 0 aliphatic carbocycles. The average Bonchev–Trinajstić information content (AvgIpc) is 2.68. The van der Waals surface area contributed by atoms with Gasteiger partial charge in [-0.2, -0.15) is 0 Å². The molecule has 0 spiro atoms. The van der Waals surface area contributed by atoms with Gasteiger partial charge in [-0.05, 0) is 25.3 Å². The van der Waals surface area contributed by atoms with E-state index in [2.05, 4.69) is 17.6 Å². The molecule has 0 unspecified atom stereocenters. The Hall–Kier alpha value is -0.420. The van der Waals surface area contributed by atoms with E-state index in [0.717, 1.165) is 37.4 Å². The fourth-order valence-corrected chi connectivity index (χ4v) is 3.71. The zero-order valence-corrected chi connectivity index (χ0v) is 10.5. The standard InChI is InChI=1S/C11H20N2O2S/c1-8-6-12-7-10(8)11(14)13-9-2-4-16(15)5-3-9/h8-10,12H,2-7H2,1H3,(H,13,14)/t8-,9?,10-,16?/m1/s1. The number of hydrogen-bond acceptors (Lipinski definition) is 3. The van der Waals surface area contributed by atoms with E-state index < -0.39 is 10.8 Å². The molecule has 0 aromatic carbocycles. The van der Waals surface area contributed by atoms with Crippen molar-refractivity contribution in [3.63, 3.8) is 0 Å². The Bertz CT molecular complexity index is 286. The zero-order chi connectivity index (χ0) is 11.5. The maximum absolute atomic E-state index is 12.0. The van der Waals surface area contributed by atoms with Crippen molar-refractivity contribution in [1.82, 2.24) is 10.6 Å². The van der Waals surface area contributed by atoms with Crippen LogP contribution in [0.15, 0.2) is 0 Å². The van der Waals surface area contributed by atoms with Crippen molar-refractivity contribution in [2.45, 2.75) is 25.8 Å². The second kappa shape index (κ2) is 5.27. The van der Waals surface area contributed by atoms with Crippen LogP contribution < -0.4 is 10.6 Å². The van der Waals surface area contributed by atoms with E-state index in [1.54, 1.807) is 0 Å². The summed E-state index contributed by atoms with van der Waals surface area (Å²) in [5, 5.41) is 6.34. The van der Waals surface area contributed by atoms with Crippen LogP contribution in [0.5, 0.6) is 0 Å². The van der Waals surface area contributed by atoms with Crippen molar-refractivity contribution in [1.29, 1.82) is 0 Å². The molecule has 5 heteroatoms. The van der Waals surface area contributed by atoms with E-state index >= 15 is 0 Å². The lowest BCUT2D eigenvalue weighted by Crippen LogP contribution is -2.43. The Kier molecular flexibility index (Phi) is 3.97. The van der Waals surface area contributed by atoms with Crippen molar-refractivity contribution in [2.24, 2.45) is 11.8 Å². The van der Waals surface area contributed by atoms with Gasteiger partial charge < -0.3 is 10.6 Å². The van der Waals surface area contributed by atoms with Crippen LogP contribution in [0, 0.1) is 11.8 Å². The lowest BCUT2D eigenvalue weighted by atomic mass is 9.96. The highest BCUT2D eigenvalue weighted by Crippen LogP contribution is 2.17. The van der Waals surface area contributed by atoms with Gasteiger partial charge in [-0.25, -0.2) is 0 Å². The summed E-state index contributed by atoms with van der Waals surface area (Å²) in [7, 11) is -0.648. The van der Waals surface area contributed by atoms with Gasteiger partial charge in [-0.3, -0.25) is 9.00 Å². The minimum atomic E-state index is -0.648. The third kappa shape index (κ3) is 2.83. The molecule has 92 valence electrons. The maximum atomic E-state index is 12.0. The van der Waals surface area contributed by atoms with E-state index in [9.17, 15) is 9.00 Å². The van der Waals surface area contributed by atoms with Crippen LogP contribution in [0.1, 0.15) is 19.8 Å². The van der Waals surface area contributed by atoms with Gasteiger partial charge in [0.2, 0.25) is 5.91 Å². The van der Waals surface area contributed by atoms with Gasteiger partial charge in [0.15, 0.2) is 0 Å². The van der Waals surface area contributed by atoms with Gasteiger partial charge in [0.05, 0.1) is 5.92 Å². The Morgan fingerprint density at radius 2 is 2.00 bits per heavy atom. The molecular weight excluding hydrogens is 224 g/mol. The number of carbonyl (C=O) groups is 1. The highest BCUT2D eigenvalue weighted by atomic mass is 32.2. The molecule has 0 radical (unpaired) electrons. The predicted octanol–water partition coefficient (Wildman–Crippen LogP) is -0.131. The smallest absolute Gasteiger partial charge is 0.224 e. The van der Waals surface area contributed by atoms with E-state index in [0.29, 0.717) is 5.92 Å². The summed E-state index contributed by atoms with van der Waals surface area (Å²) in [4.78, 5) is 12.0. The van der Waals surface area contributed by atoms with Crippen molar-refractivity contribution in [3.8, 4) is 0 Å². The first-order valence-electron chi connectivity index (χ1n) is 6.03. The highest BCUT2D eigenvalue weighted by molar-refractivity contribution is 7.85. The molecule has 2 heterocycles. The topological polar surface area (TPSA) is 58.2 Å². The van der Waals surface area contributed by atoms with Gasteiger partial charge in [0, 0.05) is 34.9 Å². The number of carbonyl (C=O) groups excluding carboxylic acids is 1. The van der Waals surface area contributed by atoms with Gasteiger partial charge in [0.1, 0.15) is 0 Å². The highest BCUT2D eigenvalue weighted by Gasteiger charge is 2.31. The largest absolute Gasteiger partial charge is 0.353 e. The van der Waals surface area contributed by atoms with Crippen LogP contribution in [-0.2, 0) is 15.6 Å². The summed E-state index contributed by atoms with van der Waals surface area (Å²) in [6.07, 6.45) is 1.74. The van der Waals surface area contributed by atoms with Crippen molar-refractivity contribution in [3.05, 3.63) is 0 Å². The van der Waals surface area contributed by atoms with Crippen molar-refractivity contribution < 1.29 is 9.00 Å². The molecule has 0 bridgehead atoms. The molecule has 1 amide bonds. The quantitative estimate of drug-likeness (QED) is 0.711. The molecule has 2 aliphatic heterocycles. The van der Waals surface area contributed by atoms with E-state index in [1.807, 2.05) is 0 Å². The number of amides is 1. The van der Waals surface area contributed by atoms with Gasteiger partial charge in [0.25, 0.3) is 0 Å². The molecule has 0 saturated carbocycles. The average molecular weight is 244 g/mol. The Morgan fingerprint density at radius 1 is 1.31 bits per heavy atom. The number of nitrogens with one attached hydrogen (secondary N) is 2. The summed E-state index contributed by atoms with van der Waals surface area (Å²) >= 11 is 0. The van der Waals surface area contributed by atoms with Crippen LogP contribution in [0.2, 0.25) is 0 Å². The number of rotatable bonds is 2.